The maximum absolute atomic E-state index is 12.1. The second-order valence-electron chi connectivity index (χ2n) is 5.26. The van der Waals surface area contributed by atoms with Crippen LogP contribution in [-0.2, 0) is 4.74 Å². The molecule has 1 aromatic rings. The average molecular weight is 324 g/mol. The van der Waals surface area contributed by atoms with Crippen molar-refractivity contribution in [2.24, 2.45) is 5.92 Å². The molecule has 0 radical (unpaired) electrons. The highest BCUT2D eigenvalue weighted by atomic mass is 32.2. The molecule has 0 aromatic heterocycles. The van der Waals surface area contributed by atoms with Crippen LogP contribution in [0.25, 0.3) is 0 Å². The van der Waals surface area contributed by atoms with E-state index in [4.69, 9.17) is 14.2 Å². The SMILES string of the molecule is CSc1cc2c(cc1NC(=O)NCC1CCOC1)OCCO2. The van der Waals surface area contributed by atoms with Gasteiger partial charge in [-0.3, -0.25) is 0 Å². The minimum Gasteiger partial charge on any atom is -0.486 e. The summed E-state index contributed by atoms with van der Waals surface area (Å²) >= 11 is 1.56. The van der Waals surface area contributed by atoms with E-state index in [1.807, 2.05) is 18.4 Å². The number of hydrogen-bond acceptors (Lipinski definition) is 5. The Labute approximate surface area is 133 Å². The van der Waals surface area contributed by atoms with Crippen molar-refractivity contribution in [3.8, 4) is 11.5 Å². The highest BCUT2D eigenvalue weighted by Gasteiger charge is 2.19. The summed E-state index contributed by atoms with van der Waals surface area (Å²) in [5.41, 5.74) is 0.733. The molecule has 0 saturated carbocycles. The van der Waals surface area contributed by atoms with E-state index in [9.17, 15) is 4.79 Å². The lowest BCUT2D eigenvalue weighted by Crippen LogP contribution is -2.33. The predicted octanol–water partition coefficient (Wildman–Crippen LogP) is 2.34. The lowest BCUT2D eigenvalue weighted by Gasteiger charge is -2.21. The number of ether oxygens (including phenoxy) is 3. The number of amides is 2. The molecule has 1 atom stereocenters. The first kappa shape index (κ1) is 15.3. The molecule has 1 fully saturated rings. The third kappa shape index (κ3) is 3.59. The van der Waals surface area contributed by atoms with Gasteiger partial charge in [-0.05, 0) is 18.7 Å². The zero-order valence-corrected chi connectivity index (χ0v) is 13.3. The number of hydrogen-bond donors (Lipinski definition) is 2. The van der Waals surface area contributed by atoms with E-state index >= 15 is 0 Å². The number of thioether (sulfide) groups is 1. The first-order valence-corrected chi connectivity index (χ1v) is 8.59. The molecular formula is C15H20N2O4S. The molecule has 1 aromatic carbocycles. The van der Waals surface area contributed by atoms with Crippen LogP contribution in [0.2, 0.25) is 0 Å². The summed E-state index contributed by atoms with van der Waals surface area (Å²) in [5, 5.41) is 5.78. The molecule has 7 heteroatoms. The van der Waals surface area contributed by atoms with Gasteiger partial charge >= 0.3 is 6.03 Å². The molecule has 2 N–H and O–H groups in total. The topological polar surface area (TPSA) is 68.8 Å². The van der Waals surface area contributed by atoms with Crippen molar-refractivity contribution in [2.75, 3.05) is 44.5 Å². The van der Waals surface area contributed by atoms with E-state index in [0.29, 0.717) is 31.4 Å². The Morgan fingerprint density at radius 2 is 2.05 bits per heavy atom. The van der Waals surface area contributed by atoms with Gasteiger partial charge < -0.3 is 24.8 Å². The summed E-state index contributed by atoms with van der Waals surface area (Å²) in [6.07, 6.45) is 2.96. The average Bonchev–Trinajstić information content (AvgIpc) is 3.05. The standard InChI is InChI=1S/C15H20N2O4S/c1-22-14-7-13-12(20-4-5-21-13)6-11(14)17-15(18)16-8-10-2-3-19-9-10/h6-7,10H,2-5,8-9H2,1H3,(H2,16,17,18). The number of fused-ring (bicyclic) bond motifs is 1. The summed E-state index contributed by atoms with van der Waals surface area (Å²) in [6, 6.07) is 3.51. The van der Waals surface area contributed by atoms with Gasteiger partial charge in [0.05, 0.1) is 12.3 Å². The van der Waals surface area contributed by atoms with Gasteiger partial charge in [0, 0.05) is 30.0 Å². The fourth-order valence-corrected chi connectivity index (χ4v) is 3.04. The number of carbonyl (C=O) groups excluding carboxylic acids is 1. The molecule has 2 aliphatic heterocycles. The Kier molecular flexibility index (Phi) is 4.94. The van der Waals surface area contributed by atoms with E-state index in [-0.39, 0.29) is 6.03 Å². The normalized spacial score (nSPS) is 19.8. The summed E-state index contributed by atoms with van der Waals surface area (Å²) in [4.78, 5) is 13.0. The third-order valence-electron chi connectivity index (χ3n) is 3.69. The van der Waals surface area contributed by atoms with Gasteiger partial charge in [0.25, 0.3) is 0 Å². The van der Waals surface area contributed by atoms with E-state index in [2.05, 4.69) is 10.6 Å². The summed E-state index contributed by atoms with van der Waals surface area (Å²) in [7, 11) is 0. The number of benzene rings is 1. The Morgan fingerprint density at radius 1 is 1.27 bits per heavy atom. The third-order valence-corrected chi connectivity index (χ3v) is 4.47. The zero-order chi connectivity index (χ0) is 15.4. The van der Waals surface area contributed by atoms with Crippen LogP contribution in [0.5, 0.6) is 11.5 Å². The quantitative estimate of drug-likeness (QED) is 0.832. The van der Waals surface area contributed by atoms with Crippen molar-refractivity contribution in [1.82, 2.24) is 5.32 Å². The Morgan fingerprint density at radius 3 is 2.73 bits per heavy atom. The number of anilines is 1. The summed E-state index contributed by atoms with van der Waals surface area (Å²) in [6.45, 7) is 3.22. The molecule has 6 nitrogen and oxygen atoms in total. The van der Waals surface area contributed by atoms with Gasteiger partial charge in [-0.15, -0.1) is 11.8 Å². The predicted molar refractivity (Wildman–Crippen MR) is 85.2 cm³/mol. The van der Waals surface area contributed by atoms with Gasteiger partial charge in [0.1, 0.15) is 13.2 Å². The Bertz CT molecular complexity index is 547. The molecule has 2 amide bonds. The van der Waals surface area contributed by atoms with Gasteiger partial charge in [0.2, 0.25) is 0 Å². The maximum atomic E-state index is 12.1. The fourth-order valence-electron chi connectivity index (χ4n) is 2.48. The van der Waals surface area contributed by atoms with Gasteiger partial charge in [0.15, 0.2) is 11.5 Å². The molecule has 2 heterocycles. The van der Waals surface area contributed by atoms with Crippen molar-refractivity contribution >= 4 is 23.5 Å². The first-order chi connectivity index (χ1) is 10.8. The van der Waals surface area contributed by atoms with Crippen LogP contribution in [0.15, 0.2) is 17.0 Å². The minimum atomic E-state index is -0.209. The van der Waals surface area contributed by atoms with Crippen molar-refractivity contribution in [1.29, 1.82) is 0 Å². The minimum absolute atomic E-state index is 0.209. The summed E-state index contributed by atoms with van der Waals surface area (Å²) in [5.74, 6) is 1.80. The van der Waals surface area contributed by atoms with Crippen LogP contribution in [-0.4, -0.2) is 45.3 Å². The lowest BCUT2D eigenvalue weighted by atomic mass is 10.1. The number of urea groups is 1. The van der Waals surface area contributed by atoms with Crippen molar-refractivity contribution in [3.63, 3.8) is 0 Å². The molecule has 22 heavy (non-hydrogen) atoms. The molecular weight excluding hydrogens is 304 g/mol. The van der Waals surface area contributed by atoms with E-state index in [0.717, 1.165) is 36.0 Å². The summed E-state index contributed by atoms with van der Waals surface area (Å²) < 4.78 is 16.4. The number of nitrogens with one attached hydrogen (secondary N) is 2. The van der Waals surface area contributed by atoms with Gasteiger partial charge in [-0.2, -0.15) is 0 Å². The van der Waals surface area contributed by atoms with Crippen LogP contribution in [0.3, 0.4) is 0 Å². The lowest BCUT2D eigenvalue weighted by molar-refractivity contribution is 0.171. The smallest absolute Gasteiger partial charge is 0.319 e. The molecule has 2 aliphatic rings. The van der Waals surface area contributed by atoms with E-state index < -0.39 is 0 Å². The van der Waals surface area contributed by atoms with Crippen LogP contribution in [0, 0.1) is 5.92 Å². The largest absolute Gasteiger partial charge is 0.486 e. The maximum Gasteiger partial charge on any atom is 0.319 e. The van der Waals surface area contributed by atoms with Crippen LogP contribution in [0.4, 0.5) is 10.5 Å². The monoisotopic (exact) mass is 324 g/mol. The van der Waals surface area contributed by atoms with Crippen molar-refractivity contribution < 1.29 is 19.0 Å². The van der Waals surface area contributed by atoms with Crippen LogP contribution < -0.4 is 20.1 Å². The fraction of sp³-hybridized carbons (Fsp3) is 0.533. The molecule has 120 valence electrons. The Hall–Kier alpha value is -1.60. The number of carbonyl (C=O) groups is 1. The van der Waals surface area contributed by atoms with Crippen LogP contribution in [0.1, 0.15) is 6.42 Å². The van der Waals surface area contributed by atoms with Gasteiger partial charge in [-0.25, -0.2) is 4.79 Å². The zero-order valence-electron chi connectivity index (χ0n) is 12.5. The molecule has 3 rings (SSSR count). The first-order valence-electron chi connectivity index (χ1n) is 7.36. The van der Waals surface area contributed by atoms with E-state index in [1.165, 1.54) is 0 Å². The second kappa shape index (κ2) is 7.11. The van der Waals surface area contributed by atoms with Crippen molar-refractivity contribution in [2.45, 2.75) is 11.3 Å². The molecule has 1 unspecified atom stereocenters. The molecule has 0 aliphatic carbocycles. The molecule has 0 spiro atoms. The highest BCUT2D eigenvalue weighted by molar-refractivity contribution is 7.98. The van der Waals surface area contributed by atoms with Crippen LogP contribution >= 0.6 is 11.8 Å². The highest BCUT2D eigenvalue weighted by Crippen LogP contribution is 2.39. The van der Waals surface area contributed by atoms with Crippen molar-refractivity contribution in [3.05, 3.63) is 12.1 Å². The second-order valence-corrected chi connectivity index (χ2v) is 6.11. The molecule has 0 bridgehead atoms. The van der Waals surface area contributed by atoms with Gasteiger partial charge in [-0.1, -0.05) is 0 Å². The number of rotatable bonds is 4. The molecule has 1 saturated heterocycles. The van der Waals surface area contributed by atoms with E-state index in [1.54, 1.807) is 11.8 Å². The Balaban J connectivity index is 1.64.